The van der Waals surface area contributed by atoms with Gasteiger partial charge in [0, 0.05) is 17.3 Å². The Kier molecular flexibility index (Phi) is 5.17. The minimum atomic E-state index is -0.258. The second-order valence-electron chi connectivity index (χ2n) is 5.59. The smallest absolute Gasteiger partial charge is 0.210 e. The van der Waals surface area contributed by atoms with Crippen LogP contribution in [-0.2, 0) is 5.75 Å². The van der Waals surface area contributed by atoms with E-state index in [2.05, 4.69) is 20.5 Å². The Labute approximate surface area is 163 Å². The van der Waals surface area contributed by atoms with E-state index in [1.54, 1.807) is 43.3 Å². The number of nitrogens with one attached hydrogen (secondary N) is 1. The highest BCUT2D eigenvalue weighted by Crippen LogP contribution is 2.33. The second-order valence-corrected chi connectivity index (χ2v) is 7.79. The standard InChI is InChI=1S/C19H15FN4OS2/c1-25-16-7-3-2-6-15(16)22-18-23-24-19(27-18)26-11-12-8-9-14(20)13-5-4-10-21-17(12)13/h2-10H,11H2,1H3,(H,22,23). The van der Waals surface area contributed by atoms with Crippen molar-refractivity contribution in [1.82, 2.24) is 15.2 Å². The summed E-state index contributed by atoms with van der Waals surface area (Å²) in [5.74, 6) is 1.12. The zero-order valence-corrected chi connectivity index (χ0v) is 16.0. The molecule has 0 atom stereocenters. The van der Waals surface area contributed by atoms with E-state index >= 15 is 0 Å². The number of fused-ring (bicyclic) bond motifs is 1. The number of benzene rings is 2. The summed E-state index contributed by atoms with van der Waals surface area (Å²) in [7, 11) is 1.63. The zero-order chi connectivity index (χ0) is 18.6. The van der Waals surface area contributed by atoms with Crippen LogP contribution in [0.3, 0.4) is 0 Å². The van der Waals surface area contributed by atoms with Crippen molar-refractivity contribution in [3.63, 3.8) is 0 Å². The van der Waals surface area contributed by atoms with Crippen LogP contribution in [-0.4, -0.2) is 22.3 Å². The van der Waals surface area contributed by atoms with Gasteiger partial charge in [0.2, 0.25) is 5.13 Å². The zero-order valence-electron chi connectivity index (χ0n) is 14.3. The highest BCUT2D eigenvalue weighted by molar-refractivity contribution is 8.00. The summed E-state index contributed by atoms with van der Waals surface area (Å²) in [5, 5.41) is 12.8. The van der Waals surface area contributed by atoms with Gasteiger partial charge in [-0.3, -0.25) is 4.98 Å². The van der Waals surface area contributed by atoms with Crippen LogP contribution >= 0.6 is 23.1 Å². The first kappa shape index (κ1) is 17.7. The van der Waals surface area contributed by atoms with Crippen molar-refractivity contribution in [3.05, 3.63) is 66.1 Å². The number of halogens is 1. The second kappa shape index (κ2) is 7.89. The van der Waals surface area contributed by atoms with Crippen LogP contribution in [0.2, 0.25) is 0 Å². The quantitative estimate of drug-likeness (QED) is 0.447. The molecule has 2 aromatic carbocycles. The molecule has 0 saturated heterocycles. The van der Waals surface area contributed by atoms with Crippen molar-refractivity contribution in [1.29, 1.82) is 0 Å². The summed E-state index contributed by atoms with van der Waals surface area (Å²) in [5.41, 5.74) is 2.48. The molecule has 4 aromatic rings. The van der Waals surface area contributed by atoms with Crippen molar-refractivity contribution >= 4 is 44.8 Å². The molecule has 0 unspecified atom stereocenters. The molecule has 0 fully saturated rings. The maximum absolute atomic E-state index is 13.9. The molecule has 0 amide bonds. The Morgan fingerprint density at radius 1 is 1.11 bits per heavy atom. The minimum absolute atomic E-state index is 0.258. The molecule has 0 bridgehead atoms. The highest BCUT2D eigenvalue weighted by atomic mass is 32.2. The van der Waals surface area contributed by atoms with Crippen LogP contribution in [0.25, 0.3) is 10.9 Å². The van der Waals surface area contributed by atoms with E-state index in [0.717, 1.165) is 21.3 Å². The van der Waals surface area contributed by atoms with E-state index in [-0.39, 0.29) is 5.82 Å². The van der Waals surface area contributed by atoms with Gasteiger partial charge < -0.3 is 10.1 Å². The summed E-state index contributed by atoms with van der Waals surface area (Å²) in [6, 6.07) is 14.4. The molecule has 136 valence electrons. The fourth-order valence-electron chi connectivity index (χ4n) is 2.63. The van der Waals surface area contributed by atoms with Gasteiger partial charge in [0.15, 0.2) is 4.34 Å². The highest BCUT2D eigenvalue weighted by Gasteiger charge is 2.11. The van der Waals surface area contributed by atoms with E-state index in [0.29, 0.717) is 21.8 Å². The summed E-state index contributed by atoms with van der Waals surface area (Å²) in [6.45, 7) is 0. The molecule has 0 aliphatic carbocycles. The van der Waals surface area contributed by atoms with Gasteiger partial charge in [0.1, 0.15) is 11.6 Å². The Morgan fingerprint density at radius 2 is 2.00 bits per heavy atom. The summed E-state index contributed by atoms with van der Waals surface area (Å²) >= 11 is 3.00. The monoisotopic (exact) mass is 398 g/mol. The lowest BCUT2D eigenvalue weighted by Crippen LogP contribution is -1.93. The average Bonchev–Trinajstić information content (AvgIpc) is 3.15. The van der Waals surface area contributed by atoms with Gasteiger partial charge in [0.25, 0.3) is 0 Å². The van der Waals surface area contributed by atoms with Gasteiger partial charge in [0.05, 0.1) is 18.3 Å². The molecule has 8 heteroatoms. The van der Waals surface area contributed by atoms with Crippen molar-refractivity contribution in [2.24, 2.45) is 0 Å². The molecule has 5 nitrogen and oxygen atoms in total. The lowest BCUT2D eigenvalue weighted by atomic mass is 10.1. The summed E-state index contributed by atoms with van der Waals surface area (Å²) in [4.78, 5) is 4.32. The van der Waals surface area contributed by atoms with Gasteiger partial charge in [-0.2, -0.15) is 0 Å². The number of para-hydroxylation sites is 2. The Morgan fingerprint density at radius 3 is 2.89 bits per heavy atom. The predicted octanol–water partition coefficient (Wildman–Crippen LogP) is 5.27. The Balaban J connectivity index is 1.48. The number of hydrogen-bond acceptors (Lipinski definition) is 7. The van der Waals surface area contributed by atoms with Crippen LogP contribution in [0.1, 0.15) is 5.56 Å². The van der Waals surface area contributed by atoms with E-state index in [1.807, 2.05) is 24.3 Å². The number of ether oxygens (including phenoxy) is 1. The Hall–Kier alpha value is -2.71. The van der Waals surface area contributed by atoms with E-state index in [4.69, 9.17) is 4.74 Å². The number of methoxy groups -OCH3 is 1. The molecule has 0 radical (unpaired) electrons. The third-order valence-corrected chi connectivity index (χ3v) is 5.93. The van der Waals surface area contributed by atoms with Crippen LogP contribution in [0.5, 0.6) is 5.75 Å². The van der Waals surface area contributed by atoms with Gasteiger partial charge in [-0.1, -0.05) is 41.3 Å². The van der Waals surface area contributed by atoms with Crippen LogP contribution in [0.15, 0.2) is 59.1 Å². The lowest BCUT2D eigenvalue weighted by molar-refractivity contribution is 0.417. The largest absolute Gasteiger partial charge is 0.495 e. The SMILES string of the molecule is COc1ccccc1Nc1nnc(SCc2ccc(F)c3cccnc23)s1. The van der Waals surface area contributed by atoms with Crippen molar-refractivity contribution in [3.8, 4) is 5.75 Å². The molecule has 27 heavy (non-hydrogen) atoms. The van der Waals surface area contributed by atoms with Crippen molar-refractivity contribution < 1.29 is 9.13 Å². The van der Waals surface area contributed by atoms with Crippen molar-refractivity contribution in [2.75, 3.05) is 12.4 Å². The predicted molar refractivity (Wildman–Crippen MR) is 107 cm³/mol. The molecular formula is C19H15FN4OS2. The van der Waals surface area contributed by atoms with Gasteiger partial charge >= 0.3 is 0 Å². The summed E-state index contributed by atoms with van der Waals surface area (Å²) in [6.07, 6.45) is 1.68. The van der Waals surface area contributed by atoms with E-state index in [1.165, 1.54) is 17.4 Å². The molecule has 4 rings (SSSR count). The number of nitrogens with zero attached hydrogens (tertiary/aromatic N) is 3. The molecule has 1 N–H and O–H groups in total. The number of aromatic nitrogens is 3. The first-order chi connectivity index (χ1) is 13.2. The fourth-order valence-corrected chi connectivity index (χ4v) is 4.38. The third-order valence-electron chi connectivity index (χ3n) is 3.91. The van der Waals surface area contributed by atoms with Crippen LogP contribution in [0.4, 0.5) is 15.2 Å². The van der Waals surface area contributed by atoms with E-state index in [9.17, 15) is 4.39 Å². The molecule has 2 heterocycles. The summed E-state index contributed by atoms with van der Waals surface area (Å²) < 4.78 is 20.1. The number of pyridine rings is 1. The molecule has 2 aromatic heterocycles. The molecular weight excluding hydrogens is 383 g/mol. The normalized spacial score (nSPS) is 10.9. The average molecular weight is 398 g/mol. The molecule has 0 aliphatic heterocycles. The van der Waals surface area contributed by atoms with Crippen LogP contribution in [0, 0.1) is 5.82 Å². The number of anilines is 2. The van der Waals surface area contributed by atoms with Crippen LogP contribution < -0.4 is 10.1 Å². The fraction of sp³-hybridized carbons (Fsp3) is 0.105. The van der Waals surface area contributed by atoms with Crippen molar-refractivity contribution in [2.45, 2.75) is 10.1 Å². The van der Waals surface area contributed by atoms with Gasteiger partial charge in [-0.15, -0.1) is 10.2 Å². The topological polar surface area (TPSA) is 59.9 Å². The van der Waals surface area contributed by atoms with Gasteiger partial charge in [-0.25, -0.2) is 4.39 Å². The lowest BCUT2D eigenvalue weighted by Gasteiger charge is -2.07. The third kappa shape index (κ3) is 3.86. The maximum atomic E-state index is 13.9. The van der Waals surface area contributed by atoms with E-state index < -0.39 is 0 Å². The first-order valence-corrected chi connectivity index (χ1v) is 9.93. The van der Waals surface area contributed by atoms with Gasteiger partial charge in [-0.05, 0) is 35.9 Å². The number of rotatable bonds is 6. The molecule has 0 spiro atoms. The minimum Gasteiger partial charge on any atom is -0.495 e. The number of thioether (sulfide) groups is 1. The Bertz CT molecular complexity index is 1090. The maximum Gasteiger partial charge on any atom is 0.210 e. The molecule has 0 aliphatic rings. The molecule has 0 saturated carbocycles. The first-order valence-electron chi connectivity index (χ1n) is 8.13. The number of hydrogen-bond donors (Lipinski definition) is 1.